The lowest BCUT2D eigenvalue weighted by Crippen LogP contribution is -2.20. The molecular formula is C21H13ClN4O. The standard InChI is InChI=1S/C21H13ClN4O/c22-13-7-5-12(6-8-13)19-15(9-23)20(27-21(25)16(19)10-24)17-11-26-18-4-2-1-3-14(17)18/h1-8,11,19,26H,25H2. The van der Waals surface area contributed by atoms with Gasteiger partial charge in [-0.25, -0.2) is 0 Å². The highest BCUT2D eigenvalue weighted by Gasteiger charge is 2.34. The smallest absolute Gasteiger partial charge is 0.205 e. The summed E-state index contributed by atoms with van der Waals surface area (Å²) in [6, 6.07) is 19.0. The van der Waals surface area contributed by atoms with E-state index in [9.17, 15) is 10.5 Å². The van der Waals surface area contributed by atoms with Crippen LogP contribution in [0.15, 0.2) is 71.8 Å². The van der Waals surface area contributed by atoms with E-state index in [4.69, 9.17) is 22.1 Å². The molecule has 0 bridgehead atoms. The number of benzene rings is 2. The molecule has 0 radical (unpaired) electrons. The lowest BCUT2D eigenvalue weighted by Gasteiger charge is -2.25. The van der Waals surface area contributed by atoms with Crippen LogP contribution in [0.4, 0.5) is 0 Å². The molecule has 1 aliphatic heterocycles. The summed E-state index contributed by atoms with van der Waals surface area (Å²) in [5.74, 6) is -0.266. The number of nitrogens with one attached hydrogen (secondary N) is 1. The second-order valence-electron chi connectivity index (χ2n) is 6.08. The van der Waals surface area contributed by atoms with Crippen LogP contribution in [0.2, 0.25) is 5.02 Å². The highest BCUT2D eigenvalue weighted by molar-refractivity contribution is 6.30. The first-order valence-electron chi connectivity index (χ1n) is 8.18. The second kappa shape index (κ2) is 6.57. The molecule has 0 saturated carbocycles. The van der Waals surface area contributed by atoms with Gasteiger partial charge in [0.25, 0.3) is 0 Å². The normalized spacial score (nSPS) is 16.8. The first-order chi connectivity index (χ1) is 13.1. The Morgan fingerprint density at radius 1 is 1.00 bits per heavy atom. The summed E-state index contributed by atoms with van der Waals surface area (Å²) in [4.78, 5) is 3.17. The minimum atomic E-state index is -0.616. The van der Waals surface area contributed by atoms with Gasteiger partial charge in [-0.2, -0.15) is 10.5 Å². The molecule has 3 aromatic rings. The Labute approximate surface area is 160 Å². The Morgan fingerprint density at radius 3 is 2.41 bits per heavy atom. The third kappa shape index (κ3) is 2.71. The molecule has 4 rings (SSSR count). The van der Waals surface area contributed by atoms with Gasteiger partial charge in [0.15, 0.2) is 5.76 Å². The first kappa shape index (κ1) is 16.8. The number of nitrogens with two attached hydrogens (primary N) is 1. The number of rotatable bonds is 2. The SMILES string of the molecule is N#CC1=C(N)OC(c2c[nH]c3ccccc23)=C(C#N)C1c1ccc(Cl)cc1. The monoisotopic (exact) mass is 372 g/mol. The average Bonchev–Trinajstić information content (AvgIpc) is 3.12. The van der Waals surface area contributed by atoms with E-state index in [0.29, 0.717) is 16.4 Å². The Morgan fingerprint density at radius 2 is 1.70 bits per heavy atom. The van der Waals surface area contributed by atoms with Crippen LogP contribution in [-0.2, 0) is 4.74 Å². The summed E-state index contributed by atoms with van der Waals surface area (Å²) in [7, 11) is 0. The Balaban J connectivity index is 1.97. The van der Waals surface area contributed by atoms with Gasteiger partial charge in [0.1, 0.15) is 11.6 Å². The quantitative estimate of drug-likeness (QED) is 0.688. The lowest BCUT2D eigenvalue weighted by molar-refractivity contribution is 0.358. The molecule has 0 spiro atoms. The van der Waals surface area contributed by atoms with Crippen molar-refractivity contribution < 1.29 is 4.74 Å². The number of H-pyrrole nitrogens is 1. The Kier molecular flexibility index (Phi) is 4.08. The number of fused-ring (bicyclic) bond motifs is 1. The molecule has 1 aromatic heterocycles. The summed E-state index contributed by atoms with van der Waals surface area (Å²) < 4.78 is 5.77. The van der Waals surface area contributed by atoms with Crippen LogP contribution in [-0.4, -0.2) is 4.98 Å². The molecule has 1 aliphatic rings. The summed E-state index contributed by atoms with van der Waals surface area (Å²) in [6.45, 7) is 0. The van der Waals surface area contributed by atoms with Gasteiger partial charge in [-0.1, -0.05) is 41.9 Å². The number of hydrogen-bond donors (Lipinski definition) is 2. The van der Waals surface area contributed by atoms with Gasteiger partial charge in [-0.15, -0.1) is 0 Å². The summed E-state index contributed by atoms with van der Waals surface area (Å²) in [6.07, 6.45) is 1.78. The van der Waals surface area contributed by atoms with Gasteiger partial charge in [0, 0.05) is 27.7 Å². The molecule has 6 heteroatoms. The van der Waals surface area contributed by atoms with E-state index in [-0.39, 0.29) is 11.5 Å². The number of nitriles is 2. The topological polar surface area (TPSA) is 98.6 Å². The highest BCUT2D eigenvalue weighted by atomic mass is 35.5. The van der Waals surface area contributed by atoms with E-state index in [1.807, 2.05) is 24.3 Å². The maximum atomic E-state index is 9.92. The molecule has 1 atom stereocenters. The fourth-order valence-corrected chi connectivity index (χ4v) is 3.45. The first-order valence-corrected chi connectivity index (χ1v) is 8.55. The zero-order valence-electron chi connectivity index (χ0n) is 14.0. The van der Waals surface area contributed by atoms with E-state index >= 15 is 0 Å². The van der Waals surface area contributed by atoms with Gasteiger partial charge < -0.3 is 15.5 Å². The van der Waals surface area contributed by atoms with Crippen molar-refractivity contribution in [2.45, 2.75) is 5.92 Å². The van der Waals surface area contributed by atoms with Crippen LogP contribution in [0.1, 0.15) is 17.0 Å². The van der Waals surface area contributed by atoms with Crippen LogP contribution in [0, 0.1) is 22.7 Å². The van der Waals surface area contributed by atoms with Crippen molar-refractivity contribution in [1.82, 2.24) is 4.98 Å². The number of hydrogen-bond acceptors (Lipinski definition) is 4. The van der Waals surface area contributed by atoms with Crippen LogP contribution in [0.3, 0.4) is 0 Å². The predicted molar refractivity (Wildman–Crippen MR) is 103 cm³/mol. The van der Waals surface area contributed by atoms with Crippen LogP contribution < -0.4 is 5.73 Å². The molecule has 0 amide bonds. The van der Waals surface area contributed by atoms with E-state index in [1.54, 1.807) is 30.5 Å². The summed E-state index contributed by atoms with van der Waals surface area (Å²) in [5, 5.41) is 21.0. The third-order valence-electron chi connectivity index (χ3n) is 4.58. The fourth-order valence-electron chi connectivity index (χ4n) is 3.32. The third-order valence-corrected chi connectivity index (χ3v) is 4.83. The van der Waals surface area contributed by atoms with Crippen LogP contribution in [0.5, 0.6) is 0 Å². The molecule has 0 saturated heterocycles. The predicted octanol–water partition coefficient (Wildman–Crippen LogP) is 4.56. The molecule has 2 heterocycles. The maximum Gasteiger partial charge on any atom is 0.205 e. The second-order valence-corrected chi connectivity index (χ2v) is 6.52. The summed E-state index contributed by atoms with van der Waals surface area (Å²) >= 11 is 5.99. The van der Waals surface area contributed by atoms with E-state index < -0.39 is 5.92 Å². The van der Waals surface area contributed by atoms with Crippen molar-refractivity contribution in [2.75, 3.05) is 0 Å². The average molecular weight is 373 g/mol. The molecule has 3 N–H and O–H groups in total. The molecule has 27 heavy (non-hydrogen) atoms. The van der Waals surface area contributed by atoms with Crippen LogP contribution in [0.25, 0.3) is 16.7 Å². The Bertz CT molecular complexity index is 1190. The molecule has 0 aliphatic carbocycles. The molecular weight excluding hydrogens is 360 g/mol. The van der Waals surface area contributed by atoms with E-state index in [1.165, 1.54) is 0 Å². The van der Waals surface area contributed by atoms with Crippen molar-refractivity contribution in [3.8, 4) is 12.1 Å². The summed E-state index contributed by atoms with van der Waals surface area (Å²) in [5.41, 5.74) is 8.98. The number of nitrogens with zero attached hydrogens (tertiary/aromatic N) is 2. The number of ether oxygens (including phenoxy) is 1. The lowest BCUT2D eigenvalue weighted by atomic mass is 9.82. The molecule has 0 fully saturated rings. The number of aromatic nitrogens is 1. The van der Waals surface area contributed by atoms with E-state index in [0.717, 1.165) is 22.0 Å². The minimum absolute atomic E-state index is 0.00303. The minimum Gasteiger partial charge on any atom is -0.439 e. The van der Waals surface area contributed by atoms with Crippen LogP contribution >= 0.6 is 11.6 Å². The number of halogens is 1. The zero-order chi connectivity index (χ0) is 19.0. The van der Waals surface area contributed by atoms with Gasteiger partial charge >= 0.3 is 0 Å². The number of allylic oxidation sites excluding steroid dienone is 2. The van der Waals surface area contributed by atoms with Gasteiger partial charge in [0.2, 0.25) is 5.88 Å². The highest BCUT2D eigenvalue weighted by Crippen LogP contribution is 2.43. The Hall–Kier alpha value is -3.67. The fraction of sp³-hybridized carbons (Fsp3) is 0.0476. The number of aromatic amines is 1. The maximum absolute atomic E-state index is 9.92. The van der Waals surface area contributed by atoms with Gasteiger partial charge in [-0.3, -0.25) is 0 Å². The molecule has 1 unspecified atom stereocenters. The largest absolute Gasteiger partial charge is 0.439 e. The molecule has 2 aromatic carbocycles. The van der Waals surface area contributed by atoms with Crippen molar-refractivity contribution in [2.24, 2.45) is 5.73 Å². The molecule has 5 nitrogen and oxygen atoms in total. The number of para-hydroxylation sites is 1. The van der Waals surface area contributed by atoms with Crippen molar-refractivity contribution in [3.05, 3.63) is 87.9 Å². The van der Waals surface area contributed by atoms with Crippen molar-refractivity contribution >= 4 is 28.3 Å². The van der Waals surface area contributed by atoms with E-state index in [2.05, 4.69) is 17.1 Å². The molecule has 130 valence electrons. The van der Waals surface area contributed by atoms with Gasteiger partial charge in [-0.05, 0) is 23.8 Å². The van der Waals surface area contributed by atoms with Crippen molar-refractivity contribution in [1.29, 1.82) is 10.5 Å². The van der Waals surface area contributed by atoms with Gasteiger partial charge in [0.05, 0.1) is 17.6 Å². The van der Waals surface area contributed by atoms with Crippen molar-refractivity contribution in [3.63, 3.8) is 0 Å². The zero-order valence-corrected chi connectivity index (χ0v) is 14.8.